The summed E-state index contributed by atoms with van der Waals surface area (Å²) in [5, 5.41) is 10.3. The minimum absolute atomic E-state index is 0.0723. The van der Waals surface area contributed by atoms with Gasteiger partial charge in [0.05, 0.1) is 37.2 Å². The van der Waals surface area contributed by atoms with Crippen LogP contribution in [0.3, 0.4) is 0 Å². The lowest BCUT2D eigenvalue weighted by molar-refractivity contribution is 0.00485. The highest BCUT2D eigenvalue weighted by Gasteiger charge is 2.40. The topological polar surface area (TPSA) is 88.1 Å². The lowest BCUT2D eigenvalue weighted by atomic mass is 10.1. The Morgan fingerprint density at radius 3 is 2.91 bits per heavy atom. The average Bonchev–Trinajstić information content (AvgIpc) is 3.01. The first-order valence-electron chi connectivity index (χ1n) is 7.99. The van der Waals surface area contributed by atoms with Gasteiger partial charge in [-0.3, -0.25) is 4.90 Å². The van der Waals surface area contributed by atoms with Crippen LogP contribution >= 0.6 is 0 Å². The van der Waals surface area contributed by atoms with Crippen LogP contribution in [-0.4, -0.2) is 81.9 Å². The second-order valence-corrected chi connectivity index (χ2v) is 8.03. The zero-order chi connectivity index (χ0) is 16.2. The van der Waals surface area contributed by atoms with E-state index in [1.807, 2.05) is 6.92 Å². The van der Waals surface area contributed by atoms with Crippen molar-refractivity contribution in [3.63, 3.8) is 0 Å². The van der Waals surface area contributed by atoms with Crippen LogP contribution in [-0.2, 0) is 19.5 Å². The van der Waals surface area contributed by atoms with Crippen molar-refractivity contribution in [3.8, 4) is 0 Å². The molecule has 0 amide bonds. The number of methoxy groups -OCH3 is 1. The number of nitrogens with one attached hydrogen (secondary N) is 1. The average molecular weight is 336 g/mol. The molecule has 0 aliphatic carbocycles. The van der Waals surface area contributed by atoms with Crippen LogP contribution in [0.5, 0.6) is 0 Å². The number of rotatable bonds is 8. The van der Waals surface area contributed by atoms with Gasteiger partial charge >= 0.3 is 0 Å². The Kier molecular flexibility index (Phi) is 6.60. The van der Waals surface area contributed by atoms with Gasteiger partial charge in [0.2, 0.25) is 10.0 Å². The number of likely N-dealkylation sites (tertiary alicyclic amines) is 1. The summed E-state index contributed by atoms with van der Waals surface area (Å²) < 4.78 is 37.0. The van der Waals surface area contributed by atoms with Gasteiger partial charge in [-0.05, 0) is 25.8 Å². The Hall–Kier alpha value is -0.250. The smallest absolute Gasteiger partial charge is 0.212 e. The summed E-state index contributed by atoms with van der Waals surface area (Å²) in [5.41, 5.74) is 0. The molecule has 2 fully saturated rings. The van der Waals surface area contributed by atoms with Crippen LogP contribution in [0, 0.1) is 0 Å². The third-order valence-corrected chi connectivity index (χ3v) is 5.97. The molecule has 0 aromatic rings. The number of hydrogen-bond donors (Lipinski definition) is 2. The van der Waals surface area contributed by atoms with Gasteiger partial charge in [-0.2, -0.15) is 0 Å². The fourth-order valence-corrected chi connectivity index (χ4v) is 4.58. The van der Waals surface area contributed by atoms with E-state index in [1.165, 1.54) is 0 Å². The maximum Gasteiger partial charge on any atom is 0.212 e. The molecular weight excluding hydrogens is 308 g/mol. The van der Waals surface area contributed by atoms with E-state index in [1.54, 1.807) is 7.11 Å². The van der Waals surface area contributed by atoms with Gasteiger partial charge in [0.1, 0.15) is 0 Å². The predicted octanol–water partition coefficient (Wildman–Crippen LogP) is -0.445. The second kappa shape index (κ2) is 8.03. The van der Waals surface area contributed by atoms with Crippen LogP contribution in [0.2, 0.25) is 0 Å². The van der Waals surface area contributed by atoms with Gasteiger partial charge in [-0.25, -0.2) is 13.1 Å². The molecule has 0 aromatic heterocycles. The van der Waals surface area contributed by atoms with Crippen molar-refractivity contribution in [1.29, 1.82) is 0 Å². The van der Waals surface area contributed by atoms with Crippen molar-refractivity contribution in [2.75, 3.05) is 39.2 Å². The van der Waals surface area contributed by atoms with E-state index in [0.717, 1.165) is 19.4 Å². The van der Waals surface area contributed by atoms with Crippen molar-refractivity contribution in [2.24, 2.45) is 0 Å². The van der Waals surface area contributed by atoms with E-state index >= 15 is 0 Å². The van der Waals surface area contributed by atoms with Crippen LogP contribution in [0.1, 0.15) is 26.2 Å². The molecule has 2 aliphatic rings. The highest BCUT2D eigenvalue weighted by atomic mass is 32.2. The van der Waals surface area contributed by atoms with Crippen molar-refractivity contribution >= 4 is 10.0 Å². The van der Waals surface area contributed by atoms with Gasteiger partial charge in [0, 0.05) is 19.7 Å². The quantitative estimate of drug-likeness (QED) is 0.624. The maximum absolute atomic E-state index is 11.8. The summed E-state index contributed by atoms with van der Waals surface area (Å²) in [6.45, 7) is 4.29. The molecule has 0 spiro atoms. The van der Waals surface area contributed by atoms with E-state index in [9.17, 15) is 13.5 Å². The normalized spacial score (nSPS) is 33.6. The van der Waals surface area contributed by atoms with Gasteiger partial charge in [0.25, 0.3) is 0 Å². The second-order valence-electron chi connectivity index (χ2n) is 6.15. The standard InChI is InChI=1S/C14H28N2O5S/c1-3-7-22(18,19)15-12-10-21-13(14(12)17)8-16-6-4-5-11(16)9-20-2/h11-15,17H,3-10H2,1-2H3. The molecule has 4 unspecified atom stereocenters. The lowest BCUT2D eigenvalue weighted by Gasteiger charge is -2.28. The van der Waals surface area contributed by atoms with Gasteiger partial charge < -0.3 is 14.6 Å². The molecule has 4 atom stereocenters. The number of sulfonamides is 1. The molecule has 8 heteroatoms. The largest absolute Gasteiger partial charge is 0.389 e. The first-order valence-corrected chi connectivity index (χ1v) is 9.64. The molecule has 2 saturated heterocycles. The molecule has 0 aromatic carbocycles. The van der Waals surface area contributed by atoms with Crippen LogP contribution in [0.4, 0.5) is 0 Å². The molecule has 2 N–H and O–H groups in total. The summed E-state index contributed by atoms with van der Waals surface area (Å²) >= 11 is 0. The van der Waals surface area contributed by atoms with Crippen LogP contribution in [0.25, 0.3) is 0 Å². The highest BCUT2D eigenvalue weighted by molar-refractivity contribution is 7.89. The fourth-order valence-electron chi connectivity index (χ4n) is 3.25. The summed E-state index contributed by atoms with van der Waals surface area (Å²) in [4.78, 5) is 2.26. The van der Waals surface area contributed by atoms with E-state index in [2.05, 4.69) is 9.62 Å². The summed E-state index contributed by atoms with van der Waals surface area (Å²) in [5.74, 6) is 0.0723. The van der Waals surface area contributed by atoms with Gasteiger partial charge in [-0.15, -0.1) is 0 Å². The third kappa shape index (κ3) is 4.62. The monoisotopic (exact) mass is 336 g/mol. The van der Waals surface area contributed by atoms with Crippen molar-refractivity contribution in [3.05, 3.63) is 0 Å². The molecule has 2 rings (SSSR count). The Bertz CT molecular complexity index is 445. The summed E-state index contributed by atoms with van der Waals surface area (Å²) in [6.07, 6.45) is 1.59. The molecule has 7 nitrogen and oxygen atoms in total. The summed E-state index contributed by atoms with van der Waals surface area (Å²) in [6, 6.07) is -0.193. The zero-order valence-electron chi connectivity index (χ0n) is 13.4. The SMILES string of the molecule is CCCS(=O)(=O)NC1COC(CN2CCCC2COC)C1O. The van der Waals surface area contributed by atoms with E-state index in [-0.39, 0.29) is 18.5 Å². The minimum atomic E-state index is -3.34. The predicted molar refractivity (Wildman–Crippen MR) is 83.2 cm³/mol. The Labute approximate surface area is 133 Å². The summed E-state index contributed by atoms with van der Waals surface area (Å²) in [7, 11) is -1.65. The van der Waals surface area contributed by atoms with Gasteiger partial charge in [-0.1, -0.05) is 6.92 Å². The first kappa shape index (κ1) is 18.1. The molecule has 130 valence electrons. The molecule has 0 saturated carbocycles. The number of hydrogen-bond acceptors (Lipinski definition) is 6. The lowest BCUT2D eigenvalue weighted by Crippen LogP contribution is -2.48. The Balaban J connectivity index is 1.87. The third-order valence-electron chi connectivity index (χ3n) is 4.36. The molecule has 22 heavy (non-hydrogen) atoms. The minimum Gasteiger partial charge on any atom is -0.389 e. The fraction of sp³-hybridized carbons (Fsp3) is 1.00. The molecule has 0 radical (unpaired) electrons. The molecule has 0 bridgehead atoms. The maximum atomic E-state index is 11.8. The van der Waals surface area contributed by atoms with Gasteiger partial charge in [0.15, 0.2) is 0 Å². The van der Waals surface area contributed by atoms with Crippen LogP contribution < -0.4 is 4.72 Å². The van der Waals surface area contributed by atoms with E-state index in [4.69, 9.17) is 9.47 Å². The number of nitrogens with zero attached hydrogens (tertiary/aromatic N) is 1. The zero-order valence-corrected chi connectivity index (χ0v) is 14.2. The molecule has 2 heterocycles. The van der Waals surface area contributed by atoms with Crippen molar-refractivity contribution < 1.29 is 23.0 Å². The molecular formula is C14H28N2O5S. The van der Waals surface area contributed by atoms with Crippen LogP contribution in [0.15, 0.2) is 0 Å². The first-order chi connectivity index (χ1) is 10.5. The number of aliphatic hydroxyl groups is 1. The Morgan fingerprint density at radius 2 is 2.23 bits per heavy atom. The van der Waals surface area contributed by atoms with Crippen molar-refractivity contribution in [2.45, 2.75) is 50.5 Å². The number of aliphatic hydroxyl groups excluding tert-OH is 1. The number of ether oxygens (including phenoxy) is 2. The van der Waals surface area contributed by atoms with E-state index < -0.39 is 22.2 Å². The van der Waals surface area contributed by atoms with E-state index in [0.29, 0.717) is 25.6 Å². The highest BCUT2D eigenvalue weighted by Crippen LogP contribution is 2.22. The Morgan fingerprint density at radius 1 is 1.45 bits per heavy atom. The molecule has 2 aliphatic heterocycles. The van der Waals surface area contributed by atoms with Crippen molar-refractivity contribution in [1.82, 2.24) is 9.62 Å².